The van der Waals surface area contributed by atoms with Crippen molar-refractivity contribution < 1.29 is 4.74 Å². The molecular formula is C16H26N2O. The zero-order chi connectivity index (χ0) is 13.7. The summed E-state index contributed by atoms with van der Waals surface area (Å²) in [5.41, 5.74) is 4.16. The molecule has 1 atom stereocenters. The second-order valence-electron chi connectivity index (χ2n) is 5.38. The van der Waals surface area contributed by atoms with Gasteiger partial charge in [0, 0.05) is 26.2 Å². The number of nitrogens with zero attached hydrogens (tertiary/aromatic N) is 1. The summed E-state index contributed by atoms with van der Waals surface area (Å²) in [5.74, 6) is 0. The van der Waals surface area contributed by atoms with Crippen molar-refractivity contribution in [2.24, 2.45) is 0 Å². The van der Waals surface area contributed by atoms with Crippen molar-refractivity contribution in [1.29, 1.82) is 0 Å². The predicted octanol–water partition coefficient (Wildman–Crippen LogP) is 2.11. The molecule has 2 rings (SSSR count). The van der Waals surface area contributed by atoms with Crippen molar-refractivity contribution in [3.63, 3.8) is 0 Å². The number of ether oxygens (including phenoxy) is 1. The van der Waals surface area contributed by atoms with Gasteiger partial charge in [0.2, 0.25) is 0 Å². The fourth-order valence-electron chi connectivity index (χ4n) is 2.56. The third-order valence-corrected chi connectivity index (χ3v) is 4.07. The van der Waals surface area contributed by atoms with Gasteiger partial charge in [0.25, 0.3) is 0 Å². The lowest BCUT2D eigenvalue weighted by Gasteiger charge is -2.32. The van der Waals surface area contributed by atoms with Crippen molar-refractivity contribution in [3.8, 4) is 0 Å². The van der Waals surface area contributed by atoms with Gasteiger partial charge in [-0.05, 0) is 37.1 Å². The van der Waals surface area contributed by atoms with E-state index in [0.29, 0.717) is 6.10 Å². The molecule has 0 bridgehead atoms. The van der Waals surface area contributed by atoms with Gasteiger partial charge in [-0.1, -0.05) is 25.1 Å². The SMILES string of the molecule is CCN1CCOC(CNCc2cccc(C)c2C)C1. The highest BCUT2D eigenvalue weighted by molar-refractivity contribution is 5.32. The zero-order valence-corrected chi connectivity index (χ0v) is 12.4. The molecule has 1 aromatic rings. The first-order chi connectivity index (χ1) is 9.20. The molecule has 1 heterocycles. The van der Waals surface area contributed by atoms with Crippen LogP contribution >= 0.6 is 0 Å². The van der Waals surface area contributed by atoms with Gasteiger partial charge in [-0.15, -0.1) is 0 Å². The molecule has 1 unspecified atom stereocenters. The van der Waals surface area contributed by atoms with E-state index in [2.05, 4.69) is 49.2 Å². The van der Waals surface area contributed by atoms with Gasteiger partial charge in [-0.3, -0.25) is 4.90 Å². The molecular weight excluding hydrogens is 236 g/mol. The van der Waals surface area contributed by atoms with Gasteiger partial charge in [0.15, 0.2) is 0 Å². The van der Waals surface area contributed by atoms with Crippen LogP contribution in [0.5, 0.6) is 0 Å². The third kappa shape index (κ3) is 4.03. The predicted molar refractivity (Wildman–Crippen MR) is 79.5 cm³/mol. The first-order valence-corrected chi connectivity index (χ1v) is 7.30. The Morgan fingerprint density at radius 2 is 2.21 bits per heavy atom. The standard InChI is InChI=1S/C16H26N2O/c1-4-18-8-9-19-16(12-18)11-17-10-15-7-5-6-13(2)14(15)3/h5-7,16-17H,4,8-12H2,1-3H3. The largest absolute Gasteiger partial charge is 0.374 e. The summed E-state index contributed by atoms with van der Waals surface area (Å²) in [6.45, 7) is 12.6. The van der Waals surface area contributed by atoms with Gasteiger partial charge in [0.1, 0.15) is 0 Å². The van der Waals surface area contributed by atoms with Crippen LogP contribution in [0.2, 0.25) is 0 Å². The number of rotatable bonds is 5. The molecule has 0 saturated carbocycles. The first kappa shape index (κ1) is 14.5. The summed E-state index contributed by atoms with van der Waals surface area (Å²) in [6, 6.07) is 6.51. The Labute approximate surface area is 116 Å². The van der Waals surface area contributed by atoms with E-state index < -0.39 is 0 Å². The molecule has 3 heteroatoms. The first-order valence-electron chi connectivity index (χ1n) is 7.30. The number of hydrogen-bond donors (Lipinski definition) is 1. The summed E-state index contributed by atoms with van der Waals surface area (Å²) in [5, 5.41) is 3.53. The average Bonchev–Trinajstić information content (AvgIpc) is 2.44. The van der Waals surface area contributed by atoms with Crippen molar-refractivity contribution in [3.05, 3.63) is 34.9 Å². The van der Waals surface area contributed by atoms with Crippen LogP contribution in [-0.4, -0.2) is 43.8 Å². The average molecular weight is 262 g/mol. The molecule has 0 radical (unpaired) electrons. The highest BCUT2D eigenvalue weighted by Crippen LogP contribution is 2.12. The van der Waals surface area contributed by atoms with E-state index in [4.69, 9.17) is 4.74 Å². The van der Waals surface area contributed by atoms with Crippen molar-refractivity contribution >= 4 is 0 Å². The molecule has 1 aliphatic heterocycles. The number of nitrogens with one attached hydrogen (secondary N) is 1. The summed E-state index contributed by atoms with van der Waals surface area (Å²) >= 11 is 0. The van der Waals surface area contributed by atoms with Gasteiger partial charge in [-0.25, -0.2) is 0 Å². The normalized spacial score (nSPS) is 20.7. The van der Waals surface area contributed by atoms with E-state index in [0.717, 1.165) is 39.3 Å². The van der Waals surface area contributed by atoms with Crippen molar-refractivity contribution in [1.82, 2.24) is 10.2 Å². The lowest BCUT2D eigenvalue weighted by molar-refractivity contribution is -0.0253. The highest BCUT2D eigenvalue weighted by Gasteiger charge is 2.18. The Balaban J connectivity index is 1.78. The van der Waals surface area contributed by atoms with Crippen molar-refractivity contribution in [2.45, 2.75) is 33.4 Å². The summed E-state index contributed by atoms with van der Waals surface area (Å²) in [4.78, 5) is 2.45. The lowest BCUT2D eigenvalue weighted by Crippen LogP contribution is -2.46. The molecule has 0 spiro atoms. The summed E-state index contributed by atoms with van der Waals surface area (Å²) in [7, 11) is 0. The third-order valence-electron chi connectivity index (χ3n) is 4.07. The Morgan fingerprint density at radius 3 is 3.00 bits per heavy atom. The molecule has 1 fully saturated rings. The van der Waals surface area contributed by atoms with Crippen LogP contribution in [0.3, 0.4) is 0 Å². The molecule has 1 N–H and O–H groups in total. The molecule has 0 aromatic heterocycles. The molecule has 0 amide bonds. The monoisotopic (exact) mass is 262 g/mol. The van der Waals surface area contributed by atoms with Crippen LogP contribution in [0.25, 0.3) is 0 Å². The Bertz CT molecular complexity index is 406. The van der Waals surface area contributed by atoms with Crippen LogP contribution in [0.1, 0.15) is 23.6 Å². The second kappa shape index (κ2) is 7.04. The zero-order valence-electron chi connectivity index (χ0n) is 12.4. The summed E-state index contributed by atoms with van der Waals surface area (Å²) in [6.07, 6.45) is 0.332. The van der Waals surface area contributed by atoms with E-state index in [1.54, 1.807) is 0 Å². The molecule has 1 saturated heterocycles. The fraction of sp³-hybridized carbons (Fsp3) is 0.625. The maximum Gasteiger partial charge on any atom is 0.0826 e. The van der Waals surface area contributed by atoms with Gasteiger partial charge < -0.3 is 10.1 Å². The topological polar surface area (TPSA) is 24.5 Å². The van der Waals surface area contributed by atoms with Crippen LogP contribution in [0.15, 0.2) is 18.2 Å². The highest BCUT2D eigenvalue weighted by atomic mass is 16.5. The van der Waals surface area contributed by atoms with E-state index in [-0.39, 0.29) is 0 Å². The molecule has 1 aliphatic rings. The molecule has 1 aromatic carbocycles. The minimum atomic E-state index is 0.332. The minimum absolute atomic E-state index is 0.332. The van der Waals surface area contributed by atoms with E-state index >= 15 is 0 Å². The van der Waals surface area contributed by atoms with E-state index in [1.807, 2.05) is 0 Å². The van der Waals surface area contributed by atoms with Crippen LogP contribution < -0.4 is 5.32 Å². The maximum absolute atomic E-state index is 5.80. The van der Waals surface area contributed by atoms with Gasteiger partial charge >= 0.3 is 0 Å². The summed E-state index contributed by atoms with van der Waals surface area (Å²) < 4.78 is 5.80. The number of hydrogen-bond acceptors (Lipinski definition) is 3. The molecule has 19 heavy (non-hydrogen) atoms. The smallest absolute Gasteiger partial charge is 0.0826 e. The number of benzene rings is 1. The van der Waals surface area contributed by atoms with Crippen molar-refractivity contribution in [2.75, 3.05) is 32.8 Å². The molecule has 3 nitrogen and oxygen atoms in total. The van der Waals surface area contributed by atoms with Crippen LogP contribution in [-0.2, 0) is 11.3 Å². The Morgan fingerprint density at radius 1 is 1.37 bits per heavy atom. The van der Waals surface area contributed by atoms with E-state index in [1.165, 1.54) is 16.7 Å². The Hall–Kier alpha value is -0.900. The van der Waals surface area contributed by atoms with Gasteiger partial charge in [-0.2, -0.15) is 0 Å². The maximum atomic E-state index is 5.80. The minimum Gasteiger partial charge on any atom is -0.374 e. The lowest BCUT2D eigenvalue weighted by atomic mass is 10.0. The molecule has 106 valence electrons. The number of aryl methyl sites for hydroxylation is 1. The Kier molecular flexibility index (Phi) is 5.37. The second-order valence-corrected chi connectivity index (χ2v) is 5.38. The van der Waals surface area contributed by atoms with E-state index in [9.17, 15) is 0 Å². The quantitative estimate of drug-likeness (QED) is 0.879. The number of morpholine rings is 1. The van der Waals surface area contributed by atoms with Crippen LogP contribution in [0.4, 0.5) is 0 Å². The fourth-order valence-corrected chi connectivity index (χ4v) is 2.56. The molecule has 0 aliphatic carbocycles. The number of likely N-dealkylation sites (N-methyl/N-ethyl adjacent to an activating group) is 1. The van der Waals surface area contributed by atoms with Gasteiger partial charge in [0.05, 0.1) is 12.7 Å². The van der Waals surface area contributed by atoms with Crippen LogP contribution in [0, 0.1) is 13.8 Å².